The predicted octanol–water partition coefficient (Wildman–Crippen LogP) is 28.3. The first-order chi connectivity index (χ1) is 54.3. The van der Waals surface area contributed by atoms with Gasteiger partial charge in [-0.1, -0.05) is 282 Å². The Kier molecular flexibility index (Phi) is 23.1. The minimum absolute atomic E-state index is 0. The number of benzene rings is 10. The molecule has 598 valence electrons. The number of aromatic hydroxyl groups is 2. The second-order valence-electron chi connectivity index (χ2n) is 37.9. The van der Waals surface area contributed by atoms with Crippen LogP contribution in [0.25, 0.3) is 117 Å². The largest absolute Gasteiger partial charge is 0.507 e. The second kappa shape index (κ2) is 32.0. The number of fused-ring (bicyclic) bond motifs is 5. The molecule has 15 aromatic rings. The third-order valence-electron chi connectivity index (χ3n) is 22.8. The summed E-state index contributed by atoms with van der Waals surface area (Å²) in [5.41, 5.74) is 30.5. The van der Waals surface area contributed by atoms with Crippen molar-refractivity contribution < 1.29 is 52.3 Å². The fraction of sp³-hybridized carbons (Fsp3) is 0.252. The van der Waals surface area contributed by atoms with Crippen molar-refractivity contribution in [3.8, 4) is 107 Å². The summed E-state index contributed by atoms with van der Waals surface area (Å²) in [6, 6.07) is 96.8. The van der Waals surface area contributed by atoms with Gasteiger partial charge in [-0.15, -0.1) is 48.5 Å². The monoisotopic (exact) mass is 1900 g/mol. The van der Waals surface area contributed by atoms with Crippen LogP contribution < -0.4 is 4.90 Å². The molecule has 10 heteroatoms. The van der Waals surface area contributed by atoms with E-state index in [9.17, 15) is 10.2 Å². The van der Waals surface area contributed by atoms with Crippen LogP contribution in [0.2, 0.25) is 0 Å². The van der Waals surface area contributed by atoms with Gasteiger partial charge in [-0.25, -0.2) is 0 Å². The fourth-order valence-corrected chi connectivity index (χ4v) is 15.8. The Morgan fingerprint density at radius 3 is 1.00 bits per heavy atom. The average Bonchev–Trinajstić information content (AvgIpc) is 1.68. The van der Waals surface area contributed by atoms with Gasteiger partial charge in [0.2, 0.25) is 0 Å². The zero-order valence-electron chi connectivity index (χ0n) is 71.1. The molecule has 0 spiro atoms. The summed E-state index contributed by atoms with van der Waals surface area (Å²) >= 11 is 0. The molecule has 0 unspecified atom stereocenters. The number of anilines is 3. The number of phenolic OH excluding ortho intramolecular Hbond substituents is 2. The Hall–Kier alpha value is -10.6. The Morgan fingerprint density at radius 2 is 0.624 bits per heavy atom. The first-order valence-electron chi connectivity index (χ1n) is 40.3. The summed E-state index contributed by atoms with van der Waals surface area (Å²) < 4.78 is 2.37. The molecule has 1 aliphatic rings. The molecule has 1 aliphatic heterocycles. The normalized spacial score (nSPS) is 12.9. The van der Waals surface area contributed by atoms with Crippen molar-refractivity contribution in [2.75, 3.05) is 4.90 Å². The predicted molar refractivity (Wildman–Crippen MR) is 482 cm³/mol. The summed E-state index contributed by atoms with van der Waals surface area (Å²) in [7, 11) is 0. The van der Waals surface area contributed by atoms with Crippen molar-refractivity contribution in [1.29, 1.82) is 0 Å². The van der Waals surface area contributed by atoms with Gasteiger partial charge >= 0.3 is 0 Å². The summed E-state index contributed by atoms with van der Waals surface area (Å²) in [6.45, 7) is 45.4. The molecule has 16 rings (SSSR count). The van der Waals surface area contributed by atoms with Gasteiger partial charge in [0, 0.05) is 116 Å². The van der Waals surface area contributed by atoms with Crippen LogP contribution in [0.1, 0.15) is 183 Å². The van der Waals surface area contributed by atoms with E-state index in [0.29, 0.717) is 22.5 Å². The van der Waals surface area contributed by atoms with E-state index in [2.05, 4.69) is 366 Å². The van der Waals surface area contributed by atoms with Crippen LogP contribution in [0.5, 0.6) is 11.5 Å². The maximum absolute atomic E-state index is 11.1. The third-order valence-corrected chi connectivity index (χ3v) is 22.8. The molecule has 0 amide bonds. The van der Waals surface area contributed by atoms with Crippen LogP contribution in [-0.4, -0.2) is 34.7 Å². The molecule has 0 bridgehead atoms. The Bertz CT molecular complexity index is 6070. The van der Waals surface area contributed by atoms with Crippen LogP contribution in [0, 0.1) is 12.1 Å². The van der Waals surface area contributed by atoms with Crippen molar-refractivity contribution in [3.05, 3.63) is 324 Å². The van der Waals surface area contributed by atoms with Crippen LogP contribution in [0.15, 0.2) is 267 Å². The van der Waals surface area contributed by atoms with Gasteiger partial charge in [-0.2, -0.15) is 0 Å². The molecule has 2 N–H and O–H groups in total. The van der Waals surface area contributed by atoms with E-state index in [0.717, 1.165) is 78.7 Å². The minimum Gasteiger partial charge on any atom is -0.507 e. The molecule has 117 heavy (non-hydrogen) atoms. The Labute approximate surface area is 722 Å². The van der Waals surface area contributed by atoms with Crippen molar-refractivity contribution in [2.45, 2.75) is 176 Å². The molecule has 10 aromatic carbocycles. The summed E-state index contributed by atoms with van der Waals surface area (Å²) in [5.74, 6) is 0.389. The van der Waals surface area contributed by atoms with Crippen molar-refractivity contribution in [2.24, 2.45) is 0 Å². The number of aromatic nitrogens is 5. The molecule has 0 atom stereocenters. The first kappa shape index (κ1) is 84.3. The van der Waals surface area contributed by atoms with Crippen LogP contribution >= 0.6 is 0 Å². The average molecular weight is 1900 g/mol. The van der Waals surface area contributed by atoms with E-state index in [1.165, 1.54) is 77.7 Å². The number of phenols is 2. The van der Waals surface area contributed by atoms with Crippen molar-refractivity contribution >= 4 is 38.9 Å². The molecule has 0 fully saturated rings. The van der Waals surface area contributed by atoms with E-state index < -0.39 is 0 Å². The number of hydrogen-bond donors (Lipinski definition) is 2. The quantitative estimate of drug-likeness (QED) is 0.132. The molecule has 5 aromatic heterocycles. The fourth-order valence-electron chi connectivity index (χ4n) is 15.8. The van der Waals surface area contributed by atoms with Gasteiger partial charge in [0.15, 0.2) is 0 Å². The maximum atomic E-state index is 11.1. The van der Waals surface area contributed by atoms with Gasteiger partial charge in [-0.3, -0.25) is 19.9 Å². The molecular formula is C107H106N6O2Pt2-2. The molecule has 8 nitrogen and oxygen atoms in total. The molecule has 6 heterocycles. The molecule has 0 aliphatic carbocycles. The SMILES string of the molecule is CC(C)(C)c1cc(-c2cc(-c3[c-]c(-c4cc(-n5c6ccc(C(C)(C)C)cc6c6cc(C(C)(C)C)ccc65)ccn4)ccc3)nc(-c3ccccc3O)c2)cc(C(C)(C)C)c1.CC(C)(C)c1cc(-c2cc(-c3[c-]c(-c4cc(N5c6ccccc6C(C)(C)c6ccccc65)ccn4)ccc3)nc(-c3ccccc3O)c2)cc(C(C)(C)C)c1.[Pt].[Pt]. The van der Waals surface area contributed by atoms with Gasteiger partial charge in [0.05, 0.1) is 33.8 Å². The topological polar surface area (TPSA) is 100 Å². The van der Waals surface area contributed by atoms with Crippen LogP contribution in [0.4, 0.5) is 17.1 Å². The maximum Gasteiger partial charge on any atom is 0.124 e. The van der Waals surface area contributed by atoms with E-state index >= 15 is 0 Å². The molecular weight excluding hydrogens is 1790 g/mol. The number of pyridine rings is 4. The standard InChI is InChI=1S/C56H58N3O.C51H48N3O.2Pt/c1-53(2,3)39-20-22-50-45(32-39)46-33-40(54(4,5)6)21-23-51(46)59(50)43-24-25-57-47(34-43)35-16-15-17-36(26-35)48-29-38(30-49(58-48)44-18-13-14-19-52(44)60)37-27-41(55(7,8)9)31-42(28-37)56(10,11)12;1-49(2,3)37-27-35(28-38(31-37)50(4,5)6)36-29-44(53-45(30-36)40-18-9-14-23-48(40)55)34-17-15-16-33(26-34)43-32-39(24-25-52-43)54-46-21-12-10-19-41(46)51(7,8)42-20-11-13-22-47(42)54;;/h13-25,27-34,60H,1-12H3;9-25,27-32,55H,1-8H3;;/q2*-1;;. The number of hydrogen-bond acceptors (Lipinski definition) is 7. The smallest absolute Gasteiger partial charge is 0.124 e. The van der Waals surface area contributed by atoms with E-state index in [1.807, 2.05) is 48.8 Å². The van der Waals surface area contributed by atoms with Gasteiger partial charge in [-0.05, 0) is 196 Å². The Balaban J connectivity index is 0.000000200. The zero-order chi connectivity index (χ0) is 81.6. The van der Waals surface area contributed by atoms with Crippen LogP contribution in [0.3, 0.4) is 0 Å². The zero-order valence-corrected chi connectivity index (χ0v) is 75.7. The van der Waals surface area contributed by atoms with E-state index in [-0.39, 0.29) is 91.5 Å². The van der Waals surface area contributed by atoms with E-state index in [4.69, 9.17) is 19.9 Å². The van der Waals surface area contributed by atoms with Crippen molar-refractivity contribution in [3.63, 3.8) is 0 Å². The molecule has 0 saturated carbocycles. The molecule has 0 saturated heterocycles. The summed E-state index contributed by atoms with van der Waals surface area (Å²) in [5, 5.41) is 24.6. The van der Waals surface area contributed by atoms with Crippen LogP contribution in [-0.2, 0) is 80.0 Å². The Morgan fingerprint density at radius 1 is 0.299 bits per heavy atom. The number of para-hydroxylation sites is 4. The second-order valence-corrected chi connectivity index (χ2v) is 37.9. The van der Waals surface area contributed by atoms with Gasteiger partial charge in [0.25, 0.3) is 0 Å². The summed E-state index contributed by atoms with van der Waals surface area (Å²) in [6.07, 6.45) is 3.79. The number of rotatable bonds is 10. The number of nitrogens with zero attached hydrogens (tertiary/aromatic N) is 6. The van der Waals surface area contributed by atoms with Gasteiger partial charge < -0.3 is 19.7 Å². The first-order valence-corrected chi connectivity index (χ1v) is 40.3. The van der Waals surface area contributed by atoms with Crippen molar-refractivity contribution in [1.82, 2.24) is 24.5 Å². The summed E-state index contributed by atoms with van der Waals surface area (Å²) in [4.78, 5) is 22.5. The third kappa shape index (κ3) is 17.3. The van der Waals surface area contributed by atoms with Gasteiger partial charge in [0.1, 0.15) is 11.5 Å². The van der Waals surface area contributed by atoms with E-state index in [1.54, 1.807) is 12.1 Å². The minimum atomic E-state index is -0.138. The molecule has 0 radical (unpaired) electrons.